The van der Waals surface area contributed by atoms with E-state index in [2.05, 4.69) is 15.5 Å². The maximum absolute atomic E-state index is 10.6. The molecule has 17 nitrogen and oxygen atoms in total. The summed E-state index contributed by atoms with van der Waals surface area (Å²) in [4.78, 5) is 58.3. The molecular formula is C27H65N5O12Si2. The fourth-order valence-corrected chi connectivity index (χ4v) is 5.47. The van der Waals surface area contributed by atoms with E-state index in [0.717, 1.165) is 0 Å². The van der Waals surface area contributed by atoms with Crippen LogP contribution in [-0.4, -0.2) is 200 Å². The molecule has 3 atom stereocenters. The number of nitrogens with one attached hydrogen (secondary N) is 2. The molecule has 0 aromatic carbocycles. The van der Waals surface area contributed by atoms with Crippen LogP contribution < -0.4 is 16.4 Å². The van der Waals surface area contributed by atoms with Gasteiger partial charge in [0.05, 0.1) is 43.7 Å². The second-order valence-electron chi connectivity index (χ2n) is 12.6. The van der Waals surface area contributed by atoms with Gasteiger partial charge in [-0.2, -0.15) is 0 Å². The summed E-state index contributed by atoms with van der Waals surface area (Å²) in [7, 11) is -8.13. The van der Waals surface area contributed by atoms with E-state index in [0.29, 0.717) is 78.4 Å². The summed E-state index contributed by atoms with van der Waals surface area (Å²) in [5.41, 5.74) is 5.43. The molecule has 0 radical (unpaired) electrons. The van der Waals surface area contributed by atoms with Gasteiger partial charge in [0.25, 0.3) is 0 Å². The summed E-state index contributed by atoms with van der Waals surface area (Å²) in [6, 6.07) is -0.224. The molecule has 0 amide bonds. The molecule has 0 fully saturated rings. The van der Waals surface area contributed by atoms with Crippen LogP contribution in [0.3, 0.4) is 0 Å². The number of aliphatic hydroxyl groups is 3. The van der Waals surface area contributed by atoms with Crippen LogP contribution in [-0.2, 0) is 14.2 Å². The smallest absolute Gasteiger partial charge is 0.390 e. The SMILES string of the molecule is CC(C)(C)OCC(O)CN(CCNCCNCC(O)COCCC[Si](O)(O)O)CCN(CCN)CC(O)COCCC[Si](O)(O)O. The van der Waals surface area contributed by atoms with Crippen LogP contribution in [0.15, 0.2) is 0 Å². The highest BCUT2D eigenvalue weighted by molar-refractivity contribution is 6.56. The molecule has 0 saturated carbocycles. The Morgan fingerprint density at radius 1 is 0.652 bits per heavy atom. The Morgan fingerprint density at radius 2 is 1.13 bits per heavy atom. The summed E-state index contributed by atoms with van der Waals surface area (Å²) in [6.45, 7) is 12.3. The van der Waals surface area contributed by atoms with Crippen molar-refractivity contribution in [2.45, 2.75) is 69.6 Å². The van der Waals surface area contributed by atoms with Gasteiger partial charge in [-0.25, -0.2) is 0 Å². The van der Waals surface area contributed by atoms with Crippen LogP contribution in [0.1, 0.15) is 33.6 Å². The molecule has 0 aliphatic rings. The zero-order valence-corrected chi connectivity index (χ0v) is 30.1. The van der Waals surface area contributed by atoms with E-state index in [4.69, 9.17) is 48.7 Å². The van der Waals surface area contributed by atoms with Gasteiger partial charge in [-0.05, 0) is 33.6 Å². The standard InChI is InChI=1S/C27H65N5O12Si2/c1-27(2,3)44-23-26(35)20-32(11-9-29-7-8-30-18-24(33)21-42-14-4-16-45(36,37)38)13-12-31(10-6-28)19-25(34)22-43-15-5-17-46(39,40)41/h24-26,29-30,33-41H,4-23,28H2,1-3H3. The van der Waals surface area contributed by atoms with Crippen LogP contribution in [0.5, 0.6) is 0 Å². The van der Waals surface area contributed by atoms with E-state index in [9.17, 15) is 15.3 Å². The van der Waals surface area contributed by atoms with Crippen LogP contribution >= 0.6 is 0 Å². The second-order valence-corrected chi connectivity index (χ2v) is 16.7. The van der Waals surface area contributed by atoms with Crippen molar-refractivity contribution in [3.05, 3.63) is 0 Å². The summed E-state index contributed by atoms with van der Waals surface area (Å²) in [5.74, 6) is 0. The molecule has 0 saturated heterocycles. The first kappa shape index (κ1) is 45.8. The average Bonchev–Trinajstić information content (AvgIpc) is 2.92. The van der Waals surface area contributed by atoms with Crippen LogP contribution in [0.4, 0.5) is 0 Å². The van der Waals surface area contributed by atoms with Gasteiger partial charge < -0.3 is 74.7 Å². The quantitative estimate of drug-likeness (QED) is 0.0238. The molecule has 0 rings (SSSR count). The van der Waals surface area contributed by atoms with Crippen molar-refractivity contribution < 1.29 is 58.3 Å². The van der Waals surface area contributed by atoms with Crippen LogP contribution in [0.2, 0.25) is 12.1 Å². The summed E-state index contributed by atoms with van der Waals surface area (Å²) in [5, 5.41) is 37.6. The number of hydrogen-bond donors (Lipinski definition) is 12. The predicted molar refractivity (Wildman–Crippen MR) is 177 cm³/mol. The fraction of sp³-hybridized carbons (Fsp3) is 1.00. The minimum absolute atomic E-state index is 0.0637. The highest BCUT2D eigenvalue weighted by Crippen LogP contribution is 2.08. The maximum Gasteiger partial charge on any atom is 0.492 e. The molecule has 19 heteroatoms. The number of hydrogen-bond acceptors (Lipinski definition) is 17. The first-order chi connectivity index (χ1) is 21.4. The van der Waals surface area contributed by atoms with Gasteiger partial charge in [0, 0.05) is 97.3 Å². The Labute approximate surface area is 276 Å². The van der Waals surface area contributed by atoms with E-state index in [-0.39, 0.29) is 57.1 Å². The number of rotatable bonds is 31. The summed E-state index contributed by atoms with van der Waals surface area (Å²) < 4.78 is 16.5. The van der Waals surface area contributed by atoms with Crippen molar-refractivity contribution in [3.8, 4) is 0 Å². The molecule has 0 spiro atoms. The van der Waals surface area contributed by atoms with Gasteiger partial charge in [0.1, 0.15) is 0 Å². The van der Waals surface area contributed by atoms with Gasteiger partial charge in [-0.15, -0.1) is 0 Å². The van der Waals surface area contributed by atoms with E-state index in [1.54, 1.807) is 0 Å². The lowest BCUT2D eigenvalue weighted by Crippen LogP contribution is -2.46. The average molecular weight is 708 g/mol. The Kier molecular flexibility index (Phi) is 25.5. The molecular weight excluding hydrogens is 642 g/mol. The van der Waals surface area contributed by atoms with E-state index in [1.807, 2.05) is 25.7 Å². The van der Waals surface area contributed by atoms with Crippen molar-refractivity contribution in [1.82, 2.24) is 20.4 Å². The zero-order valence-electron chi connectivity index (χ0n) is 28.1. The van der Waals surface area contributed by atoms with Crippen molar-refractivity contribution in [2.24, 2.45) is 5.73 Å². The lowest BCUT2D eigenvalue weighted by atomic mass is 10.2. The number of nitrogens with two attached hydrogens (primary N) is 1. The van der Waals surface area contributed by atoms with Crippen LogP contribution in [0.25, 0.3) is 0 Å². The van der Waals surface area contributed by atoms with Crippen molar-refractivity contribution in [3.63, 3.8) is 0 Å². The predicted octanol–water partition coefficient (Wildman–Crippen LogP) is -4.73. The van der Waals surface area contributed by atoms with E-state index >= 15 is 0 Å². The lowest BCUT2D eigenvalue weighted by Gasteiger charge is -2.31. The largest absolute Gasteiger partial charge is 0.492 e. The monoisotopic (exact) mass is 707 g/mol. The molecule has 46 heavy (non-hydrogen) atoms. The second kappa shape index (κ2) is 25.7. The van der Waals surface area contributed by atoms with E-state index in [1.165, 1.54) is 0 Å². The van der Waals surface area contributed by atoms with Gasteiger partial charge >= 0.3 is 17.6 Å². The van der Waals surface area contributed by atoms with Crippen LogP contribution in [0, 0.1) is 0 Å². The molecule has 0 bridgehead atoms. The molecule has 13 N–H and O–H groups in total. The molecule has 278 valence electrons. The van der Waals surface area contributed by atoms with Crippen molar-refractivity contribution in [2.75, 3.05) is 105 Å². The molecule has 0 aliphatic heterocycles. The maximum atomic E-state index is 10.6. The normalized spacial score (nSPS) is 15.2. The molecule has 0 aromatic heterocycles. The minimum Gasteiger partial charge on any atom is -0.390 e. The molecule has 0 heterocycles. The first-order valence-corrected chi connectivity index (χ1v) is 20.2. The van der Waals surface area contributed by atoms with Gasteiger partial charge in [-0.1, -0.05) is 0 Å². The zero-order chi connectivity index (χ0) is 35.1. The fourth-order valence-electron chi connectivity index (χ4n) is 4.23. The lowest BCUT2D eigenvalue weighted by molar-refractivity contribution is -0.0565. The van der Waals surface area contributed by atoms with E-state index < -0.39 is 35.9 Å². The minimum atomic E-state index is -4.08. The highest BCUT2D eigenvalue weighted by atomic mass is 28.4. The Bertz CT molecular complexity index is 720. The molecule has 3 unspecified atom stereocenters. The third-order valence-electron chi connectivity index (χ3n) is 6.51. The first-order valence-electron chi connectivity index (χ1n) is 16.1. The topological polar surface area (TPSA) is 266 Å². The number of nitrogens with zero attached hydrogens (tertiary/aromatic N) is 2. The number of ether oxygens (including phenoxy) is 3. The third-order valence-corrected chi connectivity index (χ3v) is 8.56. The number of aliphatic hydroxyl groups excluding tert-OH is 3. The molecule has 0 aromatic rings. The Balaban J connectivity index is 4.57. The van der Waals surface area contributed by atoms with Gasteiger partial charge in [-0.3, -0.25) is 9.80 Å². The summed E-state index contributed by atoms with van der Waals surface area (Å²) >= 11 is 0. The molecule has 0 aliphatic carbocycles. The highest BCUT2D eigenvalue weighted by Gasteiger charge is 2.26. The van der Waals surface area contributed by atoms with Gasteiger partial charge in [0.15, 0.2) is 0 Å². The third kappa shape index (κ3) is 32.3. The Hall–Kier alpha value is -0.246. The van der Waals surface area contributed by atoms with Crippen molar-refractivity contribution in [1.29, 1.82) is 0 Å². The summed E-state index contributed by atoms with van der Waals surface area (Å²) in [6.07, 6.45) is -1.61. The Morgan fingerprint density at radius 3 is 1.63 bits per heavy atom. The van der Waals surface area contributed by atoms with Crippen molar-refractivity contribution >= 4 is 17.6 Å². The van der Waals surface area contributed by atoms with Gasteiger partial charge in [0.2, 0.25) is 0 Å².